The van der Waals surface area contributed by atoms with Crippen molar-refractivity contribution < 1.29 is 9.59 Å². The number of imidazole rings is 1. The smallest absolute Gasteiger partial charge is 0.254 e. The summed E-state index contributed by atoms with van der Waals surface area (Å²) in [6.07, 6.45) is 2.23. The van der Waals surface area contributed by atoms with Crippen LogP contribution < -0.4 is 5.32 Å². The lowest BCUT2D eigenvalue weighted by molar-refractivity contribution is -0.127. The Hall–Kier alpha value is -3.15. The Labute approximate surface area is 151 Å². The zero-order valence-electron chi connectivity index (χ0n) is 14.6. The van der Waals surface area contributed by atoms with E-state index in [1.165, 1.54) is 0 Å². The predicted molar refractivity (Wildman–Crippen MR) is 98.7 cm³/mol. The third kappa shape index (κ3) is 2.94. The molecule has 0 spiro atoms. The minimum atomic E-state index is -0.502. The molecule has 4 rings (SSSR count). The average molecular weight is 348 g/mol. The Morgan fingerprint density at radius 3 is 2.85 bits per heavy atom. The molecule has 1 aromatic heterocycles. The van der Waals surface area contributed by atoms with Crippen molar-refractivity contribution in [2.75, 3.05) is 13.1 Å². The molecule has 132 valence electrons. The normalized spacial score (nSPS) is 17.3. The van der Waals surface area contributed by atoms with Crippen molar-refractivity contribution in [2.24, 2.45) is 7.05 Å². The summed E-state index contributed by atoms with van der Waals surface area (Å²) >= 11 is 0. The lowest BCUT2D eigenvalue weighted by atomic mass is 10.0. The molecule has 2 heterocycles. The number of fused-ring (bicyclic) bond motifs is 1. The lowest BCUT2D eigenvalue weighted by Gasteiger charge is -2.35. The van der Waals surface area contributed by atoms with Gasteiger partial charge in [0.15, 0.2) is 0 Å². The van der Waals surface area contributed by atoms with E-state index in [0.29, 0.717) is 25.1 Å². The molecule has 1 atom stereocenters. The van der Waals surface area contributed by atoms with E-state index in [9.17, 15) is 9.59 Å². The minimum absolute atomic E-state index is 0.104. The summed E-state index contributed by atoms with van der Waals surface area (Å²) in [5.41, 5.74) is 3.34. The molecule has 1 aliphatic rings. The molecule has 1 fully saturated rings. The van der Waals surface area contributed by atoms with Crippen LogP contribution in [-0.4, -0.2) is 45.4 Å². The van der Waals surface area contributed by atoms with Gasteiger partial charge in [-0.1, -0.05) is 30.3 Å². The van der Waals surface area contributed by atoms with Crippen molar-refractivity contribution in [3.05, 3.63) is 66.0 Å². The molecular weight excluding hydrogens is 328 g/mol. The monoisotopic (exact) mass is 348 g/mol. The van der Waals surface area contributed by atoms with Crippen LogP contribution in [0, 0.1) is 0 Å². The quantitative estimate of drug-likeness (QED) is 0.784. The van der Waals surface area contributed by atoms with Gasteiger partial charge in [0.05, 0.1) is 17.4 Å². The van der Waals surface area contributed by atoms with Gasteiger partial charge in [0.25, 0.3) is 5.91 Å². The van der Waals surface area contributed by atoms with Gasteiger partial charge in [-0.15, -0.1) is 0 Å². The number of nitrogens with one attached hydrogen (secondary N) is 1. The minimum Gasteiger partial charge on any atom is -0.353 e. The molecule has 3 aromatic rings. The van der Waals surface area contributed by atoms with E-state index < -0.39 is 6.04 Å². The van der Waals surface area contributed by atoms with E-state index in [4.69, 9.17) is 0 Å². The number of amides is 2. The van der Waals surface area contributed by atoms with Crippen molar-refractivity contribution in [3.8, 4) is 0 Å². The van der Waals surface area contributed by atoms with E-state index in [1.54, 1.807) is 23.4 Å². The summed E-state index contributed by atoms with van der Waals surface area (Å²) in [5, 5.41) is 2.87. The maximum Gasteiger partial charge on any atom is 0.254 e. The Kier molecular flexibility index (Phi) is 4.16. The van der Waals surface area contributed by atoms with Crippen LogP contribution in [0.5, 0.6) is 0 Å². The molecule has 1 N–H and O–H groups in total. The fraction of sp³-hybridized carbons (Fsp3) is 0.250. The second-order valence-corrected chi connectivity index (χ2v) is 6.55. The summed E-state index contributed by atoms with van der Waals surface area (Å²) in [4.78, 5) is 31.5. The zero-order valence-corrected chi connectivity index (χ0v) is 14.6. The molecule has 2 amide bonds. The van der Waals surface area contributed by atoms with Crippen LogP contribution in [-0.2, 0) is 18.3 Å². The maximum atomic E-state index is 13.1. The largest absolute Gasteiger partial charge is 0.353 e. The molecule has 0 bridgehead atoms. The summed E-state index contributed by atoms with van der Waals surface area (Å²) in [6, 6.07) is 14.8. The number of carbonyl (C=O) groups excluding carboxylic acids is 2. The number of piperazine rings is 1. The van der Waals surface area contributed by atoms with Gasteiger partial charge in [0.2, 0.25) is 5.91 Å². The number of rotatable bonds is 3. The summed E-state index contributed by atoms with van der Waals surface area (Å²) < 4.78 is 1.91. The van der Waals surface area contributed by atoms with E-state index in [-0.39, 0.29) is 11.8 Å². The van der Waals surface area contributed by atoms with Crippen LogP contribution in [0.15, 0.2) is 54.9 Å². The molecule has 6 nitrogen and oxygen atoms in total. The second-order valence-electron chi connectivity index (χ2n) is 6.55. The zero-order chi connectivity index (χ0) is 18.1. The molecule has 0 aliphatic carbocycles. The van der Waals surface area contributed by atoms with E-state index >= 15 is 0 Å². The second kappa shape index (κ2) is 6.63. The lowest BCUT2D eigenvalue weighted by Crippen LogP contribution is -2.58. The molecule has 1 saturated heterocycles. The Morgan fingerprint density at radius 2 is 2.04 bits per heavy atom. The van der Waals surface area contributed by atoms with Gasteiger partial charge in [-0.25, -0.2) is 4.98 Å². The van der Waals surface area contributed by atoms with Crippen molar-refractivity contribution in [1.82, 2.24) is 19.8 Å². The molecule has 6 heteroatoms. The molecule has 2 aromatic carbocycles. The van der Waals surface area contributed by atoms with Crippen LogP contribution in [0.1, 0.15) is 15.9 Å². The molecule has 1 unspecified atom stereocenters. The fourth-order valence-electron chi connectivity index (χ4n) is 3.43. The summed E-state index contributed by atoms with van der Waals surface area (Å²) in [5.74, 6) is -0.235. The third-order valence-electron chi connectivity index (χ3n) is 4.84. The van der Waals surface area contributed by atoms with Crippen LogP contribution in [0.2, 0.25) is 0 Å². The van der Waals surface area contributed by atoms with Crippen molar-refractivity contribution >= 4 is 22.8 Å². The molecule has 26 heavy (non-hydrogen) atoms. The van der Waals surface area contributed by atoms with Crippen molar-refractivity contribution in [2.45, 2.75) is 12.5 Å². The summed E-state index contributed by atoms with van der Waals surface area (Å²) in [7, 11) is 1.92. The number of aromatic nitrogens is 2. The Balaban J connectivity index is 1.63. The van der Waals surface area contributed by atoms with Crippen LogP contribution >= 0.6 is 0 Å². The average Bonchev–Trinajstić information content (AvgIpc) is 3.04. The highest BCUT2D eigenvalue weighted by Crippen LogP contribution is 2.19. The van der Waals surface area contributed by atoms with Crippen LogP contribution in [0.25, 0.3) is 11.0 Å². The van der Waals surface area contributed by atoms with Gasteiger partial charge < -0.3 is 14.8 Å². The van der Waals surface area contributed by atoms with Crippen LogP contribution in [0.3, 0.4) is 0 Å². The first kappa shape index (κ1) is 16.3. The van der Waals surface area contributed by atoms with E-state index in [2.05, 4.69) is 10.3 Å². The standard InChI is InChI=1S/C20H20N4O2/c1-23-13-22-16-12-15(7-8-17(16)23)20(26)24-10-9-21-19(25)18(24)11-14-5-3-2-4-6-14/h2-8,12-13,18H,9-11H2,1H3,(H,21,25). The third-order valence-corrected chi connectivity index (χ3v) is 4.84. The molecule has 0 radical (unpaired) electrons. The van der Waals surface area contributed by atoms with Gasteiger partial charge in [-0.05, 0) is 23.8 Å². The van der Waals surface area contributed by atoms with Gasteiger partial charge >= 0.3 is 0 Å². The Bertz CT molecular complexity index is 964. The van der Waals surface area contributed by atoms with Crippen molar-refractivity contribution in [1.29, 1.82) is 0 Å². The van der Waals surface area contributed by atoms with E-state index in [1.807, 2.05) is 48.0 Å². The number of carbonyl (C=O) groups is 2. The highest BCUT2D eigenvalue weighted by molar-refractivity contribution is 6.00. The van der Waals surface area contributed by atoms with E-state index in [0.717, 1.165) is 16.6 Å². The SMILES string of the molecule is Cn1cnc2cc(C(=O)N3CCNC(=O)C3Cc3ccccc3)ccc21. The topological polar surface area (TPSA) is 67.2 Å². The highest BCUT2D eigenvalue weighted by Gasteiger charge is 2.33. The van der Waals surface area contributed by atoms with Crippen molar-refractivity contribution in [3.63, 3.8) is 0 Å². The fourth-order valence-corrected chi connectivity index (χ4v) is 3.43. The van der Waals surface area contributed by atoms with Gasteiger partial charge in [-0.2, -0.15) is 0 Å². The first-order valence-electron chi connectivity index (χ1n) is 8.67. The van der Waals surface area contributed by atoms with Crippen LogP contribution in [0.4, 0.5) is 0 Å². The maximum absolute atomic E-state index is 13.1. The number of benzene rings is 2. The van der Waals surface area contributed by atoms with Gasteiger partial charge in [0, 0.05) is 32.1 Å². The first-order valence-corrected chi connectivity index (χ1v) is 8.67. The van der Waals surface area contributed by atoms with Gasteiger partial charge in [-0.3, -0.25) is 9.59 Å². The summed E-state index contributed by atoms with van der Waals surface area (Å²) in [6.45, 7) is 0.976. The predicted octanol–water partition coefficient (Wildman–Crippen LogP) is 1.76. The number of hydrogen-bond acceptors (Lipinski definition) is 3. The van der Waals surface area contributed by atoms with Gasteiger partial charge in [0.1, 0.15) is 6.04 Å². The highest BCUT2D eigenvalue weighted by atomic mass is 16.2. The number of nitrogens with zero attached hydrogens (tertiary/aromatic N) is 3. The first-order chi connectivity index (χ1) is 12.6. The number of hydrogen-bond donors (Lipinski definition) is 1. The Morgan fingerprint density at radius 1 is 1.23 bits per heavy atom. The molecule has 0 saturated carbocycles. The molecular formula is C20H20N4O2. The number of aryl methyl sites for hydroxylation is 1. The molecule has 1 aliphatic heterocycles.